The second kappa shape index (κ2) is 20.4. The highest BCUT2D eigenvalue weighted by Crippen LogP contribution is 2.30. The van der Waals surface area contributed by atoms with Crippen molar-refractivity contribution in [3.63, 3.8) is 0 Å². The summed E-state index contributed by atoms with van der Waals surface area (Å²) in [5, 5.41) is 13.4. The zero-order chi connectivity index (χ0) is 46.8. The number of hydrogen-bond donors (Lipinski definition) is 6. The molecule has 4 rings (SSSR count). The van der Waals surface area contributed by atoms with Crippen molar-refractivity contribution in [2.75, 3.05) is 13.7 Å². The monoisotopic (exact) mass is 873 g/mol. The molecule has 1 fully saturated rings. The minimum Gasteiger partial charge on any atom is -0.543 e. The number of esters is 2. The van der Waals surface area contributed by atoms with Crippen LogP contribution in [-0.2, 0) is 76.8 Å². The molecule has 1 aliphatic heterocycles. The number of nitrogens with two attached hydrogens (primary N) is 1. The summed E-state index contributed by atoms with van der Waals surface area (Å²) >= 11 is 0. The summed E-state index contributed by atoms with van der Waals surface area (Å²) in [5.74, 6) is -5.19. The SMILES string of the molecule is CO[B-]1(c2ccccc2CNC(C)(C)C(=O)NC(C)(C)C(=O)NC(C)(C)C(=O)NC(C)(C)C(=O)NCC(N)=O)O[C@H](C(=O)OCc2ccccc2)[C@@H](C(=O)OCc2ccccc2)O1. The van der Waals surface area contributed by atoms with Crippen molar-refractivity contribution in [1.29, 1.82) is 0 Å². The molecule has 1 heterocycles. The van der Waals surface area contributed by atoms with Gasteiger partial charge in [0.15, 0.2) is 0 Å². The summed E-state index contributed by atoms with van der Waals surface area (Å²) in [4.78, 5) is 91.6. The summed E-state index contributed by atoms with van der Waals surface area (Å²) in [6, 6.07) is 24.8. The van der Waals surface area contributed by atoms with Gasteiger partial charge in [0, 0.05) is 6.54 Å². The van der Waals surface area contributed by atoms with Crippen LogP contribution >= 0.6 is 0 Å². The number of hydrogen-bond acceptors (Lipinski definition) is 13. The topological polar surface area (TPSA) is 252 Å². The van der Waals surface area contributed by atoms with Crippen LogP contribution in [0.5, 0.6) is 0 Å². The van der Waals surface area contributed by atoms with Gasteiger partial charge in [-0.15, -0.1) is 5.46 Å². The number of primary amides is 1. The summed E-state index contributed by atoms with van der Waals surface area (Å²) in [6.45, 7) is 8.18. The van der Waals surface area contributed by atoms with Crippen molar-refractivity contribution in [2.45, 2.75) is 110 Å². The van der Waals surface area contributed by atoms with Crippen molar-refractivity contribution >= 4 is 53.7 Å². The molecular formula is C44H58BN6O12-. The van der Waals surface area contributed by atoms with Gasteiger partial charge >= 0.3 is 18.7 Å². The van der Waals surface area contributed by atoms with E-state index in [4.69, 9.17) is 29.2 Å². The third-order valence-electron chi connectivity index (χ3n) is 10.3. The van der Waals surface area contributed by atoms with E-state index < -0.39 is 89.1 Å². The van der Waals surface area contributed by atoms with Gasteiger partial charge in [-0.25, -0.2) is 9.59 Å². The van der Waals surface area contributed by atoms with Gasteiger partial charge in [0.25, 0.3) is 0 Å². The first-order chi connectivity index (χ1) is 29.4. The lowest BCUT2D eigenvalue weighted by atomic mass is 9.67. The molecule has 1 aliphatic rings. The van der Waals surface area contributed by atoms with Crippen LogP contribution in [0, 0.1) is 0 Å². The van der Waals surface area contributed by atoms with Gasteiger partial charge in [0.1, 0.15) is 42.0 Å². The van der Waals surface area contributed by atoms with E-state index in [1.807, 2.05) is 12.1 Å². The number of carbonyl (C=O) groups excluding carboxylic acids is 7. The Morgan fingerprint density at radius 2 is 0.984 bits per heavy atom. The molecule has 0 aromatic heterocycles. The van der Waals surface area contributed by atoms with Crippen molar-refractivity contribution in [2.24, 2.45) is 5.73 Å². The van der Waals surface area contributed by atoms with Crippen molar-refractivity contribution < 1.29 is 57.0 Å². The molecule has 0 aliphatic carbocycles. The molecule has 7 N–H and O–H groups in total. The number of nitrogens with one attached hydrogen (secondary N) is 5. The lowest BCUT2D eigenvalue weighted by molar-refractivity contribution is -0.165. The van der Waals surface area contributed by atoms with Crippen LogP contribution in [0.4, 0.5) is 0 Å². The second-order valence-electron chi connectivity index (χ2n) is 17.2. The number of rotatable bonds is 20. The third-order valence-corrected chi connectivity index (χ3v) is 10.3. The highest BCUT2D eigenvalue weighted by atomic mass is 16.8. The van der Waals surface area contributed by atoms with E-state index in [0.29, 0.717) is 22.2 Å². The van der Waals surface area contributed by atoms with E-state index in [-0.39, 0.29) is 19.8 Å². The maximum absolute atomic E-state index is 13.8. The van der Waals surface area contributed by atoms with Crippen LogP contribution in [0.15, 0.2) is 84.9 Å². The largest absolute Gasteiger partial charge is 0.543 e. The first kappa shape index (κ1) is 49.5. The standard InChI is InChI=1S/C44H58BN6O12/c1-41(2,38(56)49-43(5,6)40(58)51-44(7,8)39(57)50-42(3,4)37(55)47-25-32(46)52)48-24-30-22-16-17-23-31(30)45(59-9)62-33(35(53)60-26-28-18-12-10-13-19-28)34(63-45)36(54)61-27-29-20-14-11-15-21-29/h10-23,33-34,48H,24-27H2,1-9H3,(H2,46,52)(H,47,55)(H,49,56)(H,50,57)(H,51,58)/q-1/t33-,34-/m0/s1. The number of carbonyl (C=O) groups is 7. The fraction of sp³-hybridized carbons (Fsp3) is 0.432. The van der Waals surface area contributed by atoms with Crippen molar-refractivity contribution in [3.8, 4) is 0 Å². The first-order valence-electron chi connectivity index (χ1n) is 20.3. The molecule has 3 aromatic carbocycles. The lowest BCUT2D eigenvalue weighted by Crippen LogP contribution is -2.67. The summed E-state index contributed by atoms with van der Waals surface area (Å²) < 4.78 is 29.6. The highest BCUT2D eigenvalue weighted by molar-refractivity contribution is 6.76. The van der Waals surface area contributed by atoms with Crippen molar-refractivity contribution in [3.05, 3.63) is 102 Å². The minimum atomic E-state index is -3.01. The summed E-state index contributed by atoms with van der Waals surface area (Å²) in [6.07, 6.45) is -3.16. The van der Waals surface area contributed by atoms with Gasteiger partial charge in [-0.3, -0.25) is 29.3 Å². The Bertz CT molecular complexity index is 2090. The molecule has 0 bridgehead atoms. The molecule has 18 nitrogen and oxygen atoms in total. The normalized spacial score (nSPS) is 16.3. The van der Waals surface area contributed by atoms with E-state index >= 15 is 0 Å². The Morgan fingerprint density at radius 1 is 0.587 bits per heavy atom. The Kier molecular flexibility index (Phi) is 16.0. The van der Waals surface area contributed by atoms with Crippen molar-refractivity contribution in [1.82, 2.24) is 26.6 Å². The lowest BCUT2D eigenvalue weighted by Gasteiger charge is -2.37. The van der Waals surface area contributed by atoms with Gasteiger partial charge in [-0.2, -0.15) is 0 Å². The molecule has 0 radical (unpaired) electrons. The molecule has 2 atom stereocenters. The Balaban J connectivity index is 1.48. The summed E-state index contributed by atoms with van der Waals surface area (Å²) in [5.41, 5.74) is 1.45. The molecule has 5 amide bonds. The minimum absolute atomic E-state index is 0.00500. The predicted molar refractivity (Wildman–Crippen MR) is 231 cm³/mol. The van der Waals surface area contributed by atoms with Crippen LogP contribution < -0.4 is 37.8 Å². The zero-order valence-corrected chi connectivity index (χ0v) is 37.1. The zero-order valence-electron chi connectivity index (χ0n) is 37.1. The number of benzene rings is 3. The predicted octanol–water partition coefficient (Wildman–Crippen LogP) is 0.904. The Hall–Kier alpha value is -6.15. The van der Waals surface area contributed by atoms with Gasteiger partial charge < -0.3 is 50.4 Å². The molecule has 0 unspecified atom stereocenters. The quantitative estimate of drug-likeness (QED) is 0.0683. The fourth-order valence-corrected chi connectivity index (χ4v) is 6.24. The van der Waals surface area contributed by atoms with E-state index in [2.05, 4.69) is 26.6 Å². The second-order valence-corrected chi connectivity index (χ2v) is 17.2. The molecule has 3 aromatic rings. The molecule has 19 heteroatoms. The van der Waals surface area contributed by atoms with E-state index in [1.165, 1.54) is 48.7 Å². The molecule has 63 heavy (non-hydrogen) atoms. The fourth-order valence-electron chi connectivity index (χ4n) is 6.24. The van der Waals surface area contributed by atoms with Gasteiger partial charge in [0.05, 0.1) is 12.1 Å². The average Bonchev–Trinajstić information content (AvgIpc) is 3.65. The number of amides is 5. The smallest absolute Gasteiger partial charge is 0.410 e. The maximum atomic E-state index is 13.8. The average molecular weight is 874 g/mol. The molecular weight excluding hydrogens is 815 g/mol. The Morgan fingerprint density at radius 3 is 1.41 bits per heavy atom. The van der Waals surface area contributed by atoms with Crippen LogP contribution in [-0.4, -0.2) is 96.2 Å². The molecule has 0 spiro atoms. The van der Waals surface area contributed by atoms with Gasteiger partial charge in [-0.05, 0) is 73.6 Å². The van der Waals surface area contributed by atoms with Gasteiger partial charge in [0.2, 0.25) is 29.5 Å². The third kappa shape index (κ3) is 12.9. The van der Waals surface area contributed by atoms with Gasteiger partial charge in [-0.1, -0.05) is 90.5 Å². The first-order valence-corrected chi connectivity index (χ1v) is 20.3. The maximum Gasteiger partial charge on any atom is 0.410 e. The highest BCUT2D eigenvalue weighted by Gasteiger charge is 2.52. The summed E-state index contributed by atoms with van der Waals surface area (Å²) in [7, 11) is 1.31. The van der Waals surface area contributed by atoms with E-state index in [9.17, 15) is 33.6 Å². The van der Waals surface area contributed by atoms with Crippen LogP contribution in [0.1, 0.15) is 72.1 Å². The van der Waals surface area contributed by atoms with Crippen LogP contribution in [0.3, 0.4) is 0 Å². The molecule has 0 saturated carbocycles. The van der Waals surface area contributed by atoms with E-state index in [1.54, 1.807) is 86.6 Å². The van der Waals surface area contributed by atoms with Crippen LogP contribution in [0.25, 0.3) is 0 Å². The van der Waals surface area contributed by atoms with Crippen LogP contribution in [0.2, 0.25) is 0 Å². The van der Waals surface area contributed by atoms with E-state index in [0.717, 1.165) is 0 Å². The number of ether oxygens (including phenoxy) is 2. The Labute approximate surface area is 367 Å². The molecule has 1 saturated heterocycles. The molecule has 340 valence electrons.